The molecule has 0 saturated heterocycles. The third kappa shape index (κ3) is 2.63. The van der Waals surface area contributed by atoms with Crippen LogP contribution in [0, 0.1) is 6.92 Å². The Balaban J connectivity index is 2.04. The maximum atomic E-state index is 11.5. The minimum atomic E-state index is -4.09. The molecule has 1 N–H and O–H groups in total. The van der Waals surface area contributed by atoms with Crippen LogP contribution in [0.15, 0.2) is 28.9 Å². The molecule has 1 aliphatic rings. The molecule has 1 atom stereocenters. The zero-order valence-electron chi connectivity index (χ0n) is 13.9. The molecule has 8 heteroatoms. The number of hydrogen-bond acceptors (Lipinski definition) is 3. The van der Waals surface area contributed by atoms with Gasteiger partial charge in [0.25, 0.3) is 10.1 Å². The lowest BCUT2D eigenvalue weighted by Crippen LogP contribution is -2.26. The quantitative estimate of drug-likeness (QED) is 0.652. The second-order valence-corrected chi connectivity index (χ2v) is 8.81. The summed E-state index contributed by atoms with van der Waals surface area (Å²) in [5.74, 6) is 0.437. The van der Waals surface area contributed by atoms with Crippen LogP contribution in [0.2, 0.25) is 0 Å². The second-order valence-electron chi connectivity index (χ2n) is 6.40. The molecule has 0 bridgehead atoms. The van der Waals surface area contributed by atoms with Crippen molar-refractivity contribution in [3.8, 4) is 11.4 Å². The molecule has 1 aromatic carbocycles. The van der Waals surface area contributed by atoms with Crippen molar-refractivity contribution >= 4 is 37.0 Å². The number of hydrogen-bond donors (Lipinski definition) is 1. The molecule has 3 heterocycles. The highest BCUT2D eigenvalue weighted by atomic mass is 79.9. The number of aryl methyl sites for hydroxylation is 2. The molecule has 4 rings (SSSR count). The third-order valence-electron chi connectivity index (χ3n) is 4.88. The normalized spacial score (nSPS) is 16.9. The first-order valence-electron chi connectivity index (χ1n) is 8.10. The van der Waals surface area contributed by atoms with Crippen molar-refractivity contribution in [1.29, 1.82) is 0 Å². The molecule has 25 heavy (non-hydrogen) atoms. The van der Waals surface area contributed by atoms with Crippen molar-refractivity contribution in [3.05, 3.63) is 40.3 Å². The van der Waals surface area contributed by atoms with Gasteiger partial charge in [0.15, 0.2) is 0 Å². The fourth-order valence-corrected chi connectivity index (χ4v) is 5.13. The summed E-state index contributed by atoms with van der Waals surface area (Å²) >= 11 is 3.53. The molecule has 0 spiro atoms. The Hall–Kier alpha value is -1.64. The number of rotatable bonds is 3. The second kappa shape index (κ2) is 5.69. The third-order valence-corrected chi connectivity index (χ3v) is 6.18. The van der Waals surface area contributed by atoms with Crippen LogP contribution in [0.25, 0.3) is 22.3 Å². The van der Waals surface area contributed by atoms with E-state index < -0.39 is 10.1 Å². The Kier molecular flexibility index (Phi) is 3.82. The van der Waals surface area contributed by atoms with Gasteiger partial charge in [0.1, 0.15) is 5.82 Å². The number of halogens is 1. The highest BCUT2D eigenvalue weighted by Gasteiger charge is 2.33. The summed E-state index contributed by atoms with van der Waals surface area (Å²) < 4.78 is 37.7. The molecule has 1 aliphatic heterocycles. The van der Waals surface area contributed by atoms with Gasteiger partial charge < -0.3 is 9.13 Å². The first-order valence-corrected chi connectivity index (χ1v) is 10.5. The number of fused-ring (bicyclic) bond motifs is 5. The predicted molar refractivity (Wildman–Crippen MR) is 100 cm³/mol. The van der Waals surface area contributed by atoms with Crippen molar-refractivity contribution < 1.29 is 13.0 Å². The summed E-state index contributed by atoms with van der Waals surface area (Å²) in [6, 6.07) is 5.80. The van der Waals surface area contributed by atoms with E-state index in [2.05, 4.69) is 44.5 Å². The fourth-order valence-electron chi connectivity index (χ4n) is 4.02. The summed E-state index contributed by atoms with van der Waals surface area (Å²) in [7, 11) is -4.09. The van der Waals surface area contributed by atoms with E-state index in [4.69, 9.17) is 0 Å². The lowest BCUT2D eigenvalue weighted by Gasteiger charge is -2.27. The lowest BCUT2D eigenvalue weighted by molar-refractivity contribution is 0.452. The molecular formula is C17H18BrN3O3S. The van der Waals surface area contributed by atoms with Gasteiger partial charge in [-0.05, 0) is 44.0 Å². The summed E-state index contributed by atoms with van der Waals surface area (Å²) in [6.45, 7) is 4.77. The average Bonchev–Trinajstić information content (AvgIpc) is 3.04. The molecule has 0 fully saturated rings. The maximum Gasteiger partial charge on any atom is 0.266 e. The minimum Gasteiger partial charge on any atom is -0.339 e. The number of nitrogens with zero attached hydrogens (tertiary/aromatic N) is 3. The van der Waals surface area contributed by atoms with Gasteiger partial charge in [0.2, 0.25) is 0 Å². The van der Waals surface area contributed by atoms with Gasteiger partial charge in [-0.3, -0.25) is 4.55 Å². The zero-order chi connectivity index (χ0) is 17.9. The topological polar surface area (TPSA) is 77.1 Å². The Morgan fingerprint density at radius 1 is 1.40 bits per heavy atom. The summed E-state index contributed by atoms with van der Waals surface area (Å²) in [5.41, 5.74) is 4.22. The molecule has 6 nitrogen and oxygen atoms in total. The highest BCUT2D eigenvalue weighted by Crippen LogP contribution is 2.42. The monoisotopic (exact) mass is 423 g/mol. The molecule has 1 unspecified atom stereocenters. The smallest absolute Gasteiger partial charge is 0.266 e. The van der Waals surface area contributed by atoms with E-state index in [1.807, 2.05) is 17.6 Å². The van der Waals surface area contributed by atoms with Crippen LogP contribution in [0.4, 0.5) is 0 Å². The zero-order valence-corrected chi connectivity index (χ0v) is 16.3. The van der Waals surface area contributed by atoms with Crippen LogP contribution >= 0.6 is 15.9 Å². The Labute approximate surface area is 154 Å². The average molecular weight is 424 g/mol. The van der Waals surface area contributed by atoms with Gasteiger partial charge in [-0.2, -0.15) is 8.42 Å². The molecule has 3 aromatic rings. The fraction of sp³-hybridized carbons (Fsp3) is 0.353. The number of benzene rings is 1. The van der Waals surface area contributed by atoms with Crippen molar-refractivity contribution in [2.75, 3.05) is 5.75 Å². The van der Waals surface area contributed by atoms with Gasteiger partial charge in [-0.1, -0.05) is 15.9 Å². The van der Waals surface area contributed by atoms with Gasteiger partial charge in [0, 0.05) is 21.9 Å². The summed E-state index contributed by atoms with van der Waals surface area (Å²) in [5, 5.41) is 1.11. The summed E-state index contributed by atoms with van der Waals surface area (Å²) in [6.07, 6.45) is 2.34. The molecule has 0 radical (unpaired) electrons. The Morgan fingerprint density at radius 2 is 2.16 bits per heavy atom. The molecule has 0 aliphatic carbocycles. The van der Waals surface area contributed by atoms with Crippen molar-refractivity contribution in [2.45, 2.75) is 32.9 Å². The van der Waals surface area contributed by atoms with Crippen molar-refractivity contribution in [1.82, 2.24) is 14.1 Å². The molecule has 0 amide bonds. The largest absolute Gasteiger partial charge is 0.339 e. The predicted octanol–water partition coefficient (Wildman–Crippen LogP) is 3.58. The van der Waals surface area contributed by atoms with Crippen molar-refractivity contribution in [3.63, 3.8) is 0 Å². The lowest BCUT2D eigenvalue weighted by atomic mass is 9.98. The first kappa shape index (κ1) is 16.8. The van der Waals surface area contributed by atoms with Crippen molar-refractivity contribution in [2.24, 2.45) is 0 Å². The standard InChI is InChI=1S/C17H18BrN3O3S/c1-3-20-15-5-4-11(18)6-13(15)14-7-12(9-25(22,23)24)21-10(2)19-8-16(21)17(14)20/h4-6,8,12H,3,7,9H2,1-2H3,(H,22,23,24). The van der Waals surface area contributed by atoms with E-state index in [9.17, 15) is 13.0 Å². The van der Waals surface area contributed by atoms with Crippen LogP contribution in [0.1, 0.15) is 24.4 Å². The van der Waals surface area contributed by atoms with Crippen LogP contribution in [0.5, 0.6) is 0 Å². The van der Waals surface area contributed by atoms with Crippen LogP contribution < -0.4 is 0 Å². The molecule has 2 aromatic heterocycles. The van der Waals surface area contributed by atoms with Crippen LogP contribution in [0.3, 0.4) is 0 Å². The van der Waals surface area contributed by atoms with E-state index in [0.717, 1.165) is 44.7 Å². The van der Waals surface area contributed by atoms with E-state index in [-0.39, 0.29) is 11.8 Å². The molecular weight excluding hydrogens is 406 g/mol. The summed E-state index contributed by atoms with van der Waals surface area (Å²) in [4.78, 5) is 4.40. The van der Waals surface area contributed by atoms with Crippen LogP contribution in [-0.2, 0) is 23.1 Å². The van der Waals surface area contributed by atoms with E-state index in [1.165, 1.54) is 0 Å². The van der Waals surface area contributed by atoms with E-state index >= 15 is 0 Å². The molecule has 132 valence electrons. The Bertz CT molecular complexity index is 1100. The first-order chi connectivity index (χ1) is 11.8. The highest BCUT2D eigenvalue weighted by molar-refractivity contribution is 9.10. The minimum absolute atomic E-state index is 0.316. The number of imidazole rings is 1. The van der Waals surface area contributed by atoms with Gasteiger partial charge in [-0.25, -0.2) is 4.98 Å². The van der Waals surface area contributed by atoms with E-state index in [0.29, 0.717) is 6.42 Å². The van der Waals surface area contributed by atoms with Gasteiger partial charge >= 0.3 is 0 Å². The van der Waals surface area contributed by atoms with E-state index in [1.54, 1.807) is 6.20 Å². The maximum absolute atomic E-state index is 11.5. The Morgan fingerprint density at radius 3 is 2.84 bits per heavy atom. The van der Waals surface area contributed by atoms with Gasteiger partial charge in [0.05, 0.1) is 29.4 Å². The van der Waals surface area contributed by atoms with Crippen LogP contribution in [-0.4, -0.2) is 32.8 Å². The van der Waals surface area contributed by atoms with Gasteiger partial charge in [-0.15, -0.1) is 0 Å². The SMILES string of the molecule is CCn1c2c(c3cc(Br)ccc31)CC(CS(=O)(=O)O)n1c-2cnc1C. The molecule has 0 saturated carbocycles. The number of aromatic nitrogens is 3.